The van der Waals surface area contributed by atoms with Crippen molar-refractivity contribution in [2.45, 2.75) is 25.8 Å². The molecule has 0 spiro atoms. The van der Waals surface area contributed by atoms with Crippen LogP contribution in [0.3, 0.4) is 0 Å². The van der Waals surface area contributed by atoms with Gasteiger partial charge in [0, 0.05) is 19.7 Å². The van der Waals surface area contributed by atoms with Crippen LogP contribution >= 0.6 is 0 Å². The summed E-state index contributed by atoms with van der Waals surface area (Å²) >= 11 is 0. The predicted octanol–water partition coefficient (Wildman–Crippen LogP) is 2.19. The van der Waals surface area contributed by atoms with Crippen molar-refractivity contribution in [1.82, 2.24) is 0 Å². The third-order valence-corrected chi connectivity index (χ3v) is 3.02. The van der Waals surface area contributed by atoms with Gasteiger partial charge in [0.15, 0.2) is 0 Å². The molecule has 0 heterocycles. The number of nitrogens with two attached hydrogens (primary N) is 1. The second-order valence-electron chi connectivity index (χ2n) is 4.48. The quantitative estimate of drug-likeness (QED) is 0.773. The van der Waals surface area contributed by atoms with E-state index in [9.17, 15) is 0 Å². The molecule has 16 heavy (non-hydrogen) atoms. The van der Waals surface area contributed by atoms with Gasteiger partial charge in [-0.2, -0.15) is 0 Å². The summed E-state index contributed by atoms with van der Waals surface area (Å²) in [6.07, 6.45) is 2.55. The molecule has 2 N–H and O–H groups in total. The van der Waals surface area contributed by atoms with Gasteiger partial charge in [-0.05, 0) is 37.5 Å². The first-order valence-electron chi connectivity index (χ1n) is 5.84. The number of aryl methyl sites for hydroxylation is 1. The fourth-order valence-electron chi connectivity index (χ4n) is 2.01. The lowest BCUT2D eigenvalue weighted by Crippen LogP contribution is -2.30. The topological polar surface area (TPSA) is 38.5 Å². The molecule has 0 atom stereocenters. The largest absolute Gasteiger partial charge is 0.397 e. The average Bonchev–Trinajstić information content (AvgIpc) is 3.05. The SMILES string of the molecule is COCCN(c1ccc(C)cc1N)C1CC1. The monoisotopic (exact) mass is 220 g/mol. The fraction of sp³-hybridized carbons (Fsp3) is 0.538. The average molecular weight is 220 g/mol. The summed E-state index contributed by atoms with van der Waals surface area (Å²) in [7, 11) is 1.74. The van der Waals surface area contributed by atoms with Crippen LogP contribution in [-0.2, 0) is 4.74 Å². The van der Waals surface area contributed by atoms with Gasteiger partial charge in [-0.1, -0.05) is 6.07 Å². The molecule has 1 aliphatic carbocycles. The minimum atomic E-state index is 0.667. The van der Waals surface area contributed by atoms with E-state index in [1.165, 1.54) is 18.4 Å². The van der Waals surface area contributed by atoms with Crippen LogP contribution in [0.1, 0.15) is 18.4 Å². The smallest absolute Gasteiger partial charge is 0.0637 e. The molecule has 1 aromatic rings. The van der Waals surface area contributed by atoms with Crippen LogP contribution in [-0.4, -0.2) is 26.3 Å². The molecule has 3 heteroatoms. The molecule has 2 rings (SSSR count). The highest BCUT2D eigenvalue weighted by Gasteiger charge is 2.29. The number of anilines is 2. The van der Waals surface area contributed by atoms with E-state index in [0.29, 0.717) is 6.04 Å². The minimum Gasteiger partial charge on any atom is -0.397 e. The number of methoxy groups -OCH3 is 1. The number of rotatable bonds is 5. The van der Waals surface area contributed by atoms with Crippen LogP contribution in [0.4, 0.5) is 11.4 Å². The van der Waals surface area contributed by atoms with Gasteiger partial charge >= 0.3 is 0 Å². The zero-order valence-electron chi connectivity index (χ0n) is 10.1. The van der Waals surface area contributed by atoms with Gasteiger partial charge in [0.2, 0.25) is 0 Å². The van der Waals surface area contributed by atoms with E-state index in [0.717, 1.165) is 24.5 Å². The molecule has 0 bridgehead atoms. The molecule has 3 nitrogen and oxygen atoms in total. The normalized spacial score (nSPS) is 15.1. The number of hydrogen-bond donors (Lipinski definition) is 1. The molecule has 0 amide bonds. The van der Waals surface area contributed by atoms with Gasteiger partial charge in [-0.25, -0.2) is 0 Å². The van der Waals surface area contributed by atoms with Gasteiger partial charge in [-0.3, -0.25) is 0 Å². The summed E-state index contributed by atoms with van der Waals surface area (Å²) in [5.41, 5.74) is 9.32. The van der Waals surface area contributed by atoms with E-state index >= 15 is 0 Å². The van der Waals surface area contributed by atoms with Crippen molar-refractivity contribution in [3.05, 3.63) is 23.8 Å². The lowest BCUT2D eigenvalue weighted by atomic mass is 10.1. The Balaban J connectivity index is 2.17. The highest BCUT2D eigenvalue weighted by Crippen LogP contribution is 2.34. The first kappa shape index (κ1) is 11.3. The number of benzene rings is 1. The molecule has 1 aromatic carbocycles. The van der Waals surface area contributed by atoms with Crippen LogP contribution in [0.25, 0.3) is 0 Å². The van der Waals surface area contributed by atoms with Crippen LogP contribution in [0.2, 0.25) is 0 Å². The lowest BCUT2D eigenvalue weighted by molar-refractivity contribution is 0.205. The Hall–Kier alpha value is -1.22. The zero-order chi connectivity index (χ0) is 11.5. The maximum atomic E-state index is 6.08. The second-order valence-corrected chi connectivity index (χ2v) is 4.48. The molecule has 0 aliphatic heterocycles. The molecule has 1 saturated carbocycles. The van der Waals surface area contributed by atoms with E-state index in [1.807, 2.05) is 6.07 Å². The Morgan fingerprint density at radius 2 is 2.19 bits per heavy atom. The number of hydrogen-bond acceptors (Lipinski definition) is 3. The van der Waals surface area contributed by atoms with Gasteiger partial charge < -0.3 is 15.4 Å². The summed E-state index contributed by atoms with van der Waals surface area (Å²) in [6.45, 7) is 3.75. The number of nitrogens with zero attached hydrogens (tertiary/aromatic N) is 1. The van der Waals surface area contributed by atoms with Crippen molar-refractivity contribution in [2.75, 3.05) is 30.9 Å². The second kappa shape index (κ2) is 4.74. The van der Waals surface area contributed by atoms with Crippen molar-refractivity contribution in [2.24, 2.45) is 0 Å². The predicted molar refractivity (Wildman–Crippen MR) is 67.8 cm³/mol. The molecule has 0 aromatic heterocycles. The molecule has 0 radical (unpaired) electrons. The summed E-state index contributed by atoms with van der Waals surface area (Å²) in [6, 6.07) is 6.95. The Morgan fingerprint density at radius 1 is 1.44 bits per heavy atom. The van der Waals surface area contributed by atoms with E-state index in [4.69, 9.17) is 10.5 Å². The van der Waals surface area contributed by atoms with Crippen molar-refractivity contribution < 1.29 is 4.74 Å². The van der Waals surface area contributed by atoms with Crippen molar-refractivity contribution in [1.29, 1.82) is 0 Å². The third kappa shape index (κ3) is 2.47. The van der Waals surface area contributed by atoms with E-state index in [1.54, 1.807) is 7.11 Å². The molecule has 88 valence electrons. The van der Waals surface area contributed by atoms with Gasteiger partial charge in [0.1, 0.15) is 0 Å². The summed E-state index contributed by atoms with van der Waals surface area (Å²) in [4.78, 5) is 2.37. The van der Waals surface area contributed by atoms with Gasteiger partial charge in [0.25, 0.3) is 0 Å². The minimum absolute atomic E-state index is 0.667. The summed E-state index contributed by atoms with van der Waals surface area (Å²) in [5, 5.41) is 0. The Morgan fingerprint density at radius 3 is 2.75 bits per heavy atom. The zero-order valence-corrected chi connectivity index (χ0v) is 10.1. The fourth-order valence-corrected chi connectivity index (χ4v) is 2.01. The standard InChI is InChI=1S/C13H20N2O/c1-10-3-6-13(12(14)9-10)15(7-8-16-2)11-4-5-11/h3,6,9,11H,4-5,7-8,14H2,1-2H3. The van der Waals surface area contributed by atoms with Gasteiger partial charge in [-0.15, -0.1) is 0 Å². The maximum absolute atomic E-state index is 6.08. The highest BCUT2D eigenvalue weighted by atomic mass is 16.5. The number of nitrogen functional groups attached to an aromatic ring is 1. The van der Waals surface area contributed by atoms with Crippen LogP contribution in [0.5, 0.6) is 0 Å². The summed E-state index contributed by atoms with van der Waals surface area (Å²) < 4.78 is 5.15. The molecule has 0 saturated heterocycles. The molecular formula is C13H20N2O. The van der Waals surface area contributed by atoms with Crippen molar-refractivity contribution in [3.8, 4) is 0 Å². The van der Waals surface area contributed by atoms with Crippen LogP contribution in [0.15, 0.2) is 18.2 Å². The summed E-state index contributed by atoms with van der Waals surface area (Å²) in [5.74, 6) is 0. The maximum Gasteiger partial charge on any atom is 0.0637 e. The third-order valence-electron chi connectivity index (χ3n) is 3.02. The Kier molecular flexibility index (Phi) is 3.34. The Bertz CT molecular complexity index is 361. The van der Waals surface area contributed by atoms with Gasteiger partial charge in [0.05, 0.1) is 18.0 Å². The van der Waals surface area contributed by atoms with Crippen LogP contribution < -0.4 is 10.6 Å². The highest BCUT2D eigenvalue weighted by molar-refractivity contribution is 5.69. The van der Waals surface area contributed by atoms with Crippen LogP contribution in [0, 0.1) is 6.92 Å². The molecular weight excluding hydrogens is 200 g/mol. The van der Waals surface area contributed by atoms with E-state index in [2.05, 4.69) is 24.0 Å². The first-order chi connectivity index (χ1) is 7.72. The van der Waals surface area contributed by atoms with E-state index < -0.39 is 0 Å². The lowest BCUT2D eigenvalue weighted by Gasteiger charge is -2.26. The molecule has 1 fully saturated rings. The number of ether oxygens (including phenoxy) is 1. The van der Waals surface area contributed by atoms with E-state index in [-0.39, 0.29) is 0 Å². The van der Waals surface area contributed by atoms with Crippen molar-refractivity contribution in [3.63, 3.8) is 0 Å². The molecule has 1 aliphatic rings. The first-order valence-corrected chi connectivity index (χ1v) is 5.84. The Labute approximate surface area is 97.2 Å². The molecule has 0 unspecified atom stereocenters. The van der Waals surface area contributed by atoms with Crippen molar-refractivity contribution >= 4 is 11.4 Å².